The van der Waals surface area contributed by atoms with Crippen LogP contribution >= 0.6 is 11.3 Å². The molecule has 0 fully saturated rings. The lowest BCUT2D eigenvalue weighted by atomic mass is 10.2. The van der Waals surface area contributed by atoms with Gasteiger partial charge in [0, 0.05) is 16.9 Å². The third-order valence-corrected chi connectivity index (χ3v) is 7.20. The number of sulfonamides is 1. The van der Waals surface area contributed by atoms with Crippen molar-refractivity contribution in [2.24, 2.45) is 5.92 Å². The molecule has 0 aliphatic rings. The first-order valence-electron chi connectivity index (χ1n) is 10.2. The van der Waals surface area contributed by atoms with Gasteiger partial charge in [0.25, 0.3) is 5.91 Å². The molecule has 3 aromatic rings. The highest BCUT2D eigenvalue weighted by molar-refractivity contribution is 7.89. The van der Waals surface area contributed by atoms with E-state index in [4.69, 9.17) is 9.47 Å². The minimum absolute atomic E-state index is 0.146. The van der Waals surface area contributed by atoms with Crippen molar-refractivity contribution >= 4 is 49.0 Å². The lowest BCUT2D eigenvalue weighted by Crippen LogP contribution is -2.27. The Kier molecular flexibility index (Phi) is 7.72. The quantitative estimate of drug-likeness (QED) is 0.440. The molecule has 0 bridgehead atoms. The molecule has 0 saturated heterocycles. The van der Waals surface area contributed by atoms with Gasteiger partial charge in [-0.25, -0.2) is 17.9 Å². The number of hydrogen-bond donors (Lipinski definition) is 2. The first-order chi connectivity index (χ1) is 15.6. The molecule has 1 aromatic heterocycles. The van der Waals surface area contributed by atoms with E-state index in [0.717, 1.165) is 10.1 Å². The van der Waals surface area contributed by atoms with Crippen molar-refractivity contribution in [3.05, 3.63) is 52.9 Å². The zero-order chi connectivity index (χ0) is 24.2. The van der Waals surface area contributed by atoms with Gasteiger partial charge in [-0.15, -0.1) is 11.3 Å². The van der Waals surface area contributed by atoms with E-state index in [1.165, 1.54) is 36.6 Å². The molecule has 0 aliphatic heterocycles. The summed E-state index contributed by atoms with van der Waals surface area (Å²) in [6.45, 7) is 5.67. The van der Waals surface area contributed by atoms with Crippen molar-refractivity contribution < 1.29 is 27.5 Å². The first kappa shape index (κ1) is 24.7. The molecule has 2 N–H and O–H groups in total. The Morgan fingerprint density at radius 2 is 1.85 bits per heavy atom. The van der Waals surface area contributed by atoms with Gasteiger partial charge >= 0.3 is 5.97 Å². The zero-order valence-electron chi connectivity index (χ0n) is 18.8. The van der Waals surface area contributed by atoms with Crippen LogP contribution in [0, 0.1) is 12.8 Å². The van der Waals surface area contributed by atoms with Crippen LogP contribution < -0.4 is 14.8 Å². The Morgan fingerprint density at radius 3 is 2.52 bits per heavy atom. The third-order valence-electron chi connectivity index (χ3n) is 4.68. The number of carbonyl (C=O) groups is 2. The number of fused-ring (bicyclic) bond motifs is 1. The maximum Gasteiger partial charge on any atom is 0.348 e. The van der Waals surface area contributed by atoms with Crippen LogP contribution in [0.3, 0.4) is 0 Å². The summed E-state index contributed by atoms with van der Waals surface area (Å²) in [4.78, 5) is 24.7. The number of rotatable bonds is 9. The largest absolute Gasteiger partial charge is 0.483 e. The van der Waals surface area contributed by atoms with E-state index in [9.17, 15) is 18.0 Å². The van der Waals surface area contributed by atoms with Crippen LogP contribution in [0.25, 0.3) is 10.1 Å². The van der Waals surface area contributed by atoms with Crippen molar-refractivity contribution in [3.8, 4) is 5.75 Å². The Balaban J connectivity index is 1.62. The molecule has 0 unspecified atom stereocenters. The number of amides is 1. The molecule has 10 heteroatoms. The normalized spacial score (nSPS) is 11.5. The number of aryl methyl sites for hydroxylation is 1. The summed E-state index contributed by atoms with van der Waals surface area (Å²) in [5, 5.41) is 3.58. The zero-order valence-corrected chi connectivity index (χ0v) is 20.4. The summed E-state index contributed by atoms with van der Waals surface area (Å²) < 4.78 is 38.5. The van der Waals surface area contributed by atoms with Crippen molar-refractivity contribution in [3.63, 3.8) is 0 Å². The lowest BCUT2D eigenvalue weighted by Gasteiger charge is -2.12. The number of benzene rings is 2. The smallest absolute Gasteiger partial charge is 0.348 e. The van der Waals surface area contributed by atoms with Gasteiger partial charge in [0.15, 0.2) is 6.61 Å². The highest BCUT2D eigenvalue weighted by Crippen LogP contribution is 2.28. The Morgan fingerprint density at radius 1 is 1.09 bits per heavy atom. The standard InChI is InChI=1S/C23H26N2O6S2/c1-14(2)12-24-33(28,29)18-6-7-19(15(3)9-18)31-13-22(26)25-17-5-8-20-16(10-17)11-21(32-20)23(27)30-4/h5-11,14,24H,12-13H2,1-4H3,(H,25,26). The Labute approximate surface area is 197 Å². The number of hydrogen-bond acceptors (Lipinski definition) is 7. The molecule has 0 spiro atoms. The molecule has 0 radical (unpaired) electrons. The monoisotopic (exact) mass is 490 g/mol. The second-order valence-corrected chi connectivity index (χ2v) is 10.7. The average Bonchev–Trinajstić information content (AvgIpc) is 3.19. The molecule has 0 atom stereocenters. The van der Waals surface area contributed by atoms with Gasteiger partial charge in [-0.05, 0) is 66.3 Å². The molecule has 176 valence electrons. The second kappa shape index (κ2) is 10.3. The summed E-state index contributed by atoms with van der Waals surface area (Å²) in [6.07, 6.45) is 0. The van der Waals surface area contributed by atoms with E-state index >= 15 is 0 Å². The summed E-state index contributed by atoms with van der Waals surface area (Å²) in [6, 6.07) is 11.6. The summed E-state index contributed by atoms with van der Waals surface area (Å²) >= 11 is 1.31. The van der Waals surface area contributed by atoms with Crippen LogP contribution in [-0.2, 0) is 19.6 Å². The van der Waals surface area contributed by atoms with Crippen molar-refractivity contribution in [2.75, 3.05) is 25.6 Å². The predicted molar refractivity (Wildman–Crippen MR) is 128 cm³/mol. The minimum atomic E-state index is -3.60. The van der Waals surface area contributed by atoms with Crippen LogP contribution in [0.1, 0.15) is 29.1 Å². The predicted octanol–water partition coefficient (Wildman–Crippen LogP) is 3.95. The summed E-state index contributed by atoms with van der Waals surface area (Å²) in [5.74, 6) is -0.158. The molecule has 0 aliphatic carbocycles. The van der Waals surface area contributed by atoms with Crippen molar-refractivity contribution in [1.29, 1.82) is 0 Å². The topological polar surface area (TPSA) is 111 Å². The molecule has 3 rings (SSSR count). The Bertz CT molecular complexity index is 1280. The van der Waals surface area contributed by atoms with Gasteiger partial charge in [-0.1, -0.05) is 13.8 Å². The van der Waals surface area contributed by atoms with Gasteiger partial charge < -0.3 is 14.8 Å². The first-order valence-corrected chi connectivity index (χ1v) is 12.5. The number of esters is 1. The molecule has 1 heterocycles. The number of methoxy groups -OCH3 is 1. The van der Waals surface area contributed by atoms with Crippen LogP contribution in [0.5, 0.6) is 5.75 Å². The SMILES string of the molecule is COC(=O)c1cc2cc(NC(=O)COc3ccc(S(=O)(=O)NCC(C)C)cc3C)ccc2s1. The fraction of sp³-hybridized carbons (Fsp3) is 0.304. The van der Waals surface area contributed by atoms with Gasteiger partial charge in [-0.2, -0.15) is 0 Å². The minimum Gasteiger partial charge on any atom is -0.483 e. The van der Waals surface area contributed by atoms with Gasteiger partial charge in [0.1, 0.15) is 10.6 Å². The number of ether oxygens (including phenoxy) is 2. The molecular formula is C23H26N2O6S2. The van der Waals surface area contributed by atoms with Gasteiger partial charge in [0.2, 0.25) is 10.0 Å². The van der Waals surface area contributed by atoms with Gasteiger partial charge in [-0.3, -0.25) is 4.79 Å². The van der Waals surface area contributed by atoms with E-state index in [2.05, 4.69) is 10.0 Å². The third kappa shape index (κ3) is 6.31. The maximum absolute atomic E-state index is 12.4. The lowest BCUT2D eigenvalue weighted by molar-refractivity contribution is -0.118. The molecule has 2 aromatic carbocycles. The highest BCUT2D eigenvalue weighted by Gasteiger charge is 2.16. The molecule has 8 nitrogen and oxygen atoms in total. The number of carbonyl (C=O) groups excluding carboxylic acids is 2. The van der Waals surface area contributed by atoms with E-state index in [0.29, 0.717) is 28.4 Å². The van der Waals surface area contributed by atoms with E-state index in [1.54, 1.807) is 25.1 Å². The molecular weight excluding hydrogens is 464 g/mol. The number of thiophene rings is 1. The van der Waals surface area contributed by atoms with Crippen molar-refractivity contribution in [2.45, 2.75) is 25.7 Å². The van der Waals surface area contributed by atoms with Crippen molar-refractivity contribution in [1.82, 2.24) is 4.72 Å². The second-order valence-electron chi connectivity index (χ2n) is 7.86. The average molecular weight is 491 g/mol. The highest BCUT2D eigenvalue weighted by atomic mass is 32.2. The Hall–Kier alpha value is -2.95. The van der Waals surface area contributed by atoms with Crippen LogP contribution in [-0.4, -0.2) is 40.6 Å². The van der Waals surface area contributed by atoms with E-state index in [1.807, 2.05) is 19.9 Å². The van der Waals surface area contributed by atoms with Gasteiger partial charge in [0.05, 0.1) is 12.0 Å². The van der Waals surface area contributed by atoms with E-state index < -0.39 is 16.0 Å². The maximum atomic E-state index is 12.4. The number of nitrogens with one attached hydrogen (secondary N) is 2. The van der Waals surface area contributed by atoms with Crippen LogP contribution in [0.4, 0.5) is 5.69 Å². The fourth-order valence-corrected chi connectivity index (χ4v) is 5.23. The van der Waals surface area contributed by atoms with Crippen LogP contribution in [0.15, 0.2) is 47.4 Å². The summed E-state index contributed by atoms with van der Waals surface area (Å²) in [5.41, 5.74) is 1.17. The molecule has 1 amide bonds. The molecule has 0 saturated carbocycles. The summed E-state index contributed by atoms with van der Waals surface area (Å²) in [7, 11) is -2.27. The van der Waals surface area contributed by atoms with E-state index in [-0.39, 0.29) is 23.3 Å². The fourth-order valence-electron chi connectivity index (χ4n) is 2.97. The number of anilines is 1. The molecule has 33 heavy (non-hydrogen) atoms. The van der Waals surface area contributed by atoms with Crippen LogP contribution in [0.2, 0.25) is 0 Å².